The van der Waals surface area contributed by atoms with Crippen LogP contribution in [0.5, 0.6) is 5.75 Å². The molecule has 0 aliphatic carbocycles. The van der Waals surface area contributed by atoms with Gasteiger partial charge in [-0.15, -0.1) is 0 Å². The fraction of sp³-hybridized carbons (Fsp3) is 0.250. The van der Waals surface area contributed by atoms with Gasteiger partial charge in [0.2, 0.25) is 0 Å². The lowest BCUT2D eigenvalue weighted by atomic mass is 10.3. The van der Waals surface area contributed by atoms with Crippen molar-refractivity contribution in [3.8, 4) is 5.75 Å². The van der Waals surface area contributed by atoms with Gasteiger partial charge in [0.25, 0.3) is 5.69 Å². The maximum Gasteiger partial charge on any atom is 0.288 e. The van der Waals surface area contributed by atoms with Gasteiger partial charge in [-0.1, -0.05) is 11.6 Å². The number of aromatic nitrogens is 2. The summed E-state index contributed by atoms with van der Waals surface area (Å²) in [5.74, 6) is 0.486. The van der Waals surface area contributed by atoms with Crippen LogP contribution in [0.1, 0.15) is 12.6 Å². The van der Waals surface area contributed by atoms with Gasteiger partial charge < -0.3 is 9.30 Å². The molecule has 1 heterocycles. The molecule has 1 aromatic carbocycles. The third-order valence-corrected chi connectivity index (χ3v) is 2.94. The van der Waals surface area contributed by atoms with E-state index < -0.39 is 4.92 Å². The number of nitro benzene ring substituents is 1. The van der Waals surface area contributed by atoms with Crippen LogP contribution in [0, 0.1) is 10.1 Å². The monoisotopic (exact) mass is 281 g/mol. The summed E-state index contributed by atoms with van der Waals surface area (Å²) in [6, 6.07) is 4.29. The summed E-state index contributed by atoms with van der Waals surface area (Å²) in [6.07, 6.45) is 3.44. The van der Waals surface area contributed by atoms with Crippen molar-refractivity contribution >= 4 is 17.3 Å². The molecule has 0 saturated heterocycles. The van der Waals surface area contributed by atoms with Crippen LogP contribution >= 0.6 is 11.6 Å². The highest BCUT2D eigenvalue weighted by Gasteiger charge is 2.12. The third-order valence-electron chi connectivity index (χ3n) is 2.64. The zero-order valence-electron chi connectivity index (χ0n) is 10.2. The molecule has 0 aliphatic heterocycles. The molecule has 0 bridgehead atoms. The number of aryl methyl sites for hydroxylation is 1. The summed E-state index contributed by atoms with van der Waals surface area (Å²) < 4.78 is 7.49. The molecular weight excluding hydrogens is 270 g/mol. The first-order chi connectivity index (χ1) is 9.11. The largest absolute Gasteiger partial charge is 0.487 e. The predicted molar refractivity (Wildman–Crippen MR) is 70.3 cm³/mol. The van der Waals surface area contributed by atoms with Crippen molar-refractivity contribution in [2.24, 2.45) is 0 Å². The number of ether oxygens (including phenoxy) is 1. The minimum Gasteiger partial charge on any atom is -0.487 e. The van der Waals surface area contributed by atoms with E-state index in [2.05, 4.69) is 4.98 Å². The van der Waals surface area contributed by atoms with Crippen molar-refractivity contribution in [2.75, 3.05) is 0 Å². The molecule has 1 aromatic heterocycles. The molecule has 0 radical (unpaired) electrons. The topological polar surface area (TPSA) is 70.2 Å². The summed E-state index contributed by atoms with van der Waals surface area (Å²) in [5.41, 5.74) is 0.796. The lowest BCUT2D eigenvalue weighted by molar-refractivity contribution is -0.384. The maximum atomic E-state index is 10.6. The average molecular weight is 282 g/mol. The number of imidazole rings is 1. The van der Waals surface area contributed by atoms with Gasteiger partial charge in [0.15, 0.2) is 0 Å². The Bertz CT molecular complexity index is 598. The molecule has 2 rings (SSSR count). The normalized spacial score (nSPS) is 10.4. The predicted octanol–water partition coefficient (Wildman–Crippen LogP) is 3.04. The van der Waals surface area contributed by atoms with Crippen molar-refractivity contribution in [1.29, 1.82) is 0 Å². The smallest absolute Gasteiger partial charge is 0.288 e. The van der Waals surface area contributed by atoms with E-state index in [4.69, 9.17) is 16.3 Å². The minimum absolute atomic E-state index is 0.0616. The Morgan fingerprint density at radius 2 is 2.32 bits per heavy atom. The first-order valence-corrected chi connectivity index (χ1v) is 6.05. The molecule has 0 amide bonds. The number of rotatable bonds is 5. The number of hydrogen-bond acceptors (Lipinski definition) is 4. The zero-order valence-corrected chi connectivity index (χ0v) is 11.0. The Morgan fingerprint density at radius 3 is 2.95 bits per heavy atom. The van der Waals surface area contributed by atoms with Gasteiger partial charge in [-0.05, 0) is 13.0 Å². The van der Waals surface area contributed by atoms with Gasteiger partial charge >= 0.3 is 0 Å². The van der Waals surface area contributed by atoms with Crippen LogP contribution in [0.4, 0.5) is 5.69 Å². The fourth-order valence-corrected chi connectivity index (χ4v) is 1.88. The van der Waals surface area contributed by atoms with E-state index in [1.165, 1.54) is 18.2 Å². The van der Waals surface area contributed by atoms with Crippen molar-refractivity contribution in [2.45, 2.75) is 20.1 Å². The standard InChI is InChI=1S/C12H12ClN3O3/c1-2-15-8-14-6-9(15)7-19-10-3-4-12(16(17)18)11(13)5-10/h3-6,8H,2,7H2,1H3. The Kier molecular flexibility index (Phi) is 4.01. The molecule has 19 heavy (non-hydrogen) atoms. The lowest BCUT2D eigenvalue weighted by Crippen LogP contribution is -2.03. The van der Waals surface area contributed by atoms with Crippen LogP contribution in [0.15, 0.2) is 30.7 Å². The number of nitro groups is 1. The number of benzene rings is 1. The molecule has 0 atom stereocenters. The number of halogens is 1. The van der Waals surface area contributed by atoms with Gasteiger partial charge in [-0.2, -0.15) is 0 Å². The lowest BCUT2D eigenvalue weighted by Gasteiger charge is -2.08. The van der Waals surface area contributed by atoms with Gasteiger partial charge in [0.05, 0.1) is 23.1 Å². The molecule has 0 spiro atoms. The second-order valence-corrected chi connectivity index (χ2v) is 4.24. The Labute approximate surface area is 114 Å². The third kappa shape index (κ3) is 3.03. The van der Waals surface area contributed by atoms with E-state index in [0.717, 1.165) is 12.2 Å². The van der Waals surface area contributed by atoms with E-state index in [0.29, 0.717) is 12.4 Å². The Hall–Kier alpha value is -2.08. The second-order valence-electron chi connectivity index (χ2n) is 3.83. The van der Waals surface area contributed by atoms with E-state index in [1.54, 1.807) is 12.5 Å². The number of nitrogens with zero attached hydrogens (tertiary/aromatic N) is 3. The van der Waals surface area contributed by atoms with Gasteiger partial charge in [0.1, 0.15) is 17.4 Å². The first-order valence-electron chi connectivity index (χ1n) is 5.67. The second kappa shape index (κ2) is 5.71. The van der Waals surface area contributed by atoms with Crippen molar-refractivity contribution in [1.82, 2.24) is 9.55 Å². The Morgan fingerprint density at radius 1 is 1.53 bits per heavy atom. The highest BCUT2D eigenvalue weighted by Crippen LogP contribution is 2.28. The van der Waals surface area contributed by atoms with Crippen LogP contribution in [0.25, 0.3) is 0 Å². The van der Waals surface area contributed by atoms with Crippen molar-refractivity contribution in [3.63, 3.8) is 0 Å². The van der Waals surface area contributed by atoms with Crippen LogP contribution in [-0.2, 0) is 13.2 Å². The summed E-state index contributed by atoms with van der Waals surface area (Å²) in [7, 11) is 0. The average Bonchev–Trinajstić information content (AvgIpc) is 2.83. The van der Waals surface area contributed by atoms with Crippen LogP contribution < -0.4 is 4.74 Å². The van der Waals surface area contributed by atoms with Crippen molar-refractivity contribution < 1.29 is 9.66 Å². The Balaban J connectivity index is 2.08. The molecule has 2 aromatic rings. The molecular formula is C12H12ClN3O3. The molecule has 0 unspecified atom stereocenters. The highest BCUT2D eigenvalue weighted by molar-refractivity contribution is 6.32. The van der Waals surface area contributed by atoms with Crippen LogP contribution in [0.3, 0.4) is 0 Å². The molecule has 0 N–H and O–H groups in total. The first kappa shape index (κ1) is 13.4. The van der Waals surface area contributed by atoms with E-state index >= 15 is 0 Å². The quantitative estimate of drug-likeness (QED) is 0.624. The molecule has 0 fully saturated rings. The van der Waals surface area contributed by atoms with Crippen molar-refractivity contribution in [3.05, 3.63) is 51.6 Å². The SMILES string of the molecule is CCn1cncc1COc1ccc([N+](=O)[O-])c(Cl)c1. The molecule has 0 aliphatic rings. The molecule has 0 saturated carbocycles. The highest BCUT2D eigenvalue weighted by atomic mass is 35.5. The van der Waals surface area contributed by atoms with E-state index in [9.17, 15) is 10.1 Å². The summed E-state index contributed by atoms with van der Waals surface area (Å²) >= 11 is 5.80. The zero-order chi connectivity index (χ0) is 13.8. The summed E-state index contributed by atoms with van der Waals surface area (Å²) in [4.78, 5) is 14.1. The van der Waals surface area contributed by atoms with Crippen LogP contribution in [0.2, 0.25) is 5.02 Å². The molecule has 100 valence electrons. The summed E-state index contributed by atoms with van der Waals surface area (Å²) in [6.45, 7) is 3.15. The van der Waals surface area contributed by atoms with Gasteiger partial charge in [-0.25, -0.2) is 4.98 Å². The summed E-state index contributed by atoms with van der Waals surface area (Å²) in [5, 5.41) is 10.7. The molecule has 6 nitrogen and oxygen atoms in total. The van der Waals surface area contributed by atoms with Gasteiger partial charge in [0, 0.05) is 18.7 Å². The fourth-order valence-electron chi connectivity index (χ4n) is 1.64. The molecule has 7 heteroatoms. The van der Waals surface area contributed by atoms with Gasteiger partial charge in [-0.3, -0.25) is 10.1 Å². The van der Waals surface area contributed by atoms with Crippen LogP contribution in [-0.4, -0.2) is 14.5 Å². The minimum atomic E-state index is -0.529. The maximum absolute atomic E-state index is 10.6. The van der Waals surface area contributed by atoms with E-state index in [1.807, 2.05) is 11.5 Å². The van der Waals surface area contributed by atoms with E-state index in [-0.39, 0.29) is 10.7 Å². The number of hydrogen-bond donors (Lipinski definition) is 0.